The molecule has 0 spiro atoms. The number of amides is 1. The highest BCUT2D eigenvalue weighted by molar-refractivity contribution is 7.93. The van der Waals surface area contributed by atoms with Gasteiger partial charge in [-0.2, -0.15) is 0 Å². The molecule has 0 bridgehead atoms. The van der Waals surface area contributed by atoms with Crippen molar-refractivity contribution in [3.63, 3.8) is 0 Å². The van der Waals surface area contributed by atoms with E-state index in [1.54, 1.807) is 6.92 Å². The van der Waals surface area contributed by atoms with Crippen molar-refractivity contribution >= 4 is 21.7 Å². The van der Waals surface area contributed by atoms with Gasteiger partial charge in [0.05, 0.1) is 17.0 Å². The van der Waals surface area contributed by atoms with Crippen molar-refractivity contribution < 1.29 is 13.2 Å². The summed E-state index contributed by atoms with van der Waals surface area (Å²) in [6, 6.07) is 0. The van der Waals surface area contributed by atoms with E-state index in [-0.39, 0.29) is 10.8 Å². The highest BCUT2D eigenvalue weighted by Gasteiger charge is 2.38. The molecular formula is C11H14N4O3S. The number of hydrogen-bond donors (Lipinski definition) is 1. The van der Waals surface area contributed by atoms with Crippen molar-refractivity contribution in [2.75, 3.05) is 11.4 Å². The second kappa shape index (κ2) is 5.06. The molecule has 0 aliphatic carbocycles. The van der Waals surface area contributed by atoms with Gasteiger partial charge in [0.15, 0.2) is 5.82 Å². The number of hydrogen-bond acceptors (Lipinski definition) is 5. The minimum atomic E-state index is -3.86. The summed E-state index contributed by atoms with van der Waals surface area (Å²) in [4.78, 5) is 21.6. The Morgan fingerprint density at radius 2 is 2.26 bits per heavy atom. The van der Waals surface area contributed by atoms with Crippen molar-refractivity contribution in [1.29, 1.82) is 0 Å². The molecule has 1 atom stereocenters. The van der Waals surface area contributed by atoms with Crippen molar-refractivity contribution in [2.24, 2.45) is 11.1 Å². The summed E-state index contributed by atoms with van der Waals surface area (Å²) in [5, 5.41) is 5.12. The normalized spacial score (nSPS) is 20.9. The maximum Gasteiger partial charge on any atom is 0.236 e. The Balaban J connectivity index is 2.29. The van der Waals surface area contributed by atoms with Crippen LogP contribution in [-0.2, 0) is 14.8 Å². The van der Waals surface area contributed by atoms with E-state index in [1.807, 2.05) is 0 Å². The summed E-state index contributed by atoms with van der Waals surface area (Å²) in [6.07, 6.45) is 6.21. The fraction of sp³-hybridized carbons (Fsp3) is 0.364. The first kappa shape index (κ1) is 13.6. The largest absolute Gasteiger partial charge is 0.295 e. The molecule has 2 rings (SSSR count). The highest BCUT2D eigenvalue weighted by atomic mass is 32.2. The van der Waals surface area contributed by atoms with Crippen molar-refractivity contribution in [2.45, 2.75) is 13.3 Å². The van der Waals surface area contributed by atoms with E-state index >= 15 is 0 Å². The number of anilines is 1. The van der Waals surface area contributed by atoms with E-state index in [0.29, 0.717) is 18.8 Å². The molecule has 1 aromatic heterocycles. The molecule has 1 aromatic rings. The molecule has 1 aliphatic rings. The maximum absolute atomic E-state index is 12.3. The lowest BCUT2D eigenvalue weighted by Gasteiger charge is -2.15. The van der Waals surface area contributed by atoms with E-state index in [2.05, 4.69) is 9.97 Å². The standard InChI is InChI=1S/C11H14N4O3S/c1-2-9(19(12,17)18)8-3-6-15(11(8)16)10-7-13-4-5-14-10/h2,4-5,7-8H,3,6H2,1H3,(H2,12,17,18)/b9-2-. The van der Waals surface area contributed by atoms with Crippen LogP contribution in [0.1, 0.15) is 13.3 Å². The molecule has 2 N–H and O–H groups in total. The fourth-order valence-corrected chi connectivity index (χ4v) is 3.11. The monoisotopic (exact) mass is 282 g/mol. The fourth-order valence-electron chi connectivity index (χ4n) is 2.17. The summed E-state index contributed by atoms with van der Waals surface area (Å²) in [5.41, 5.74) is 0. The van der Waals surface area contributed by atoms with Crippen molar-refractivity contribution in [3.05, 3.63) is 29.6 Å². The SMILES string of the molecule is C/C=C(/C1CCN(c2cnccn2)C1=O)S(N)(=O)=O. The van der Waals surface area contributed by atoms with Gasteiger partial charge < -0.3 is 0 Å². The van der Waals surface area contributed by atoms with Gasteiger partial charge in [-0.05, 0) is 13.3 Å². The lowest BCUT2D eigenvalue weighted by atomic mass is 10.1. The Morgan fingerprint density at radius 3 is 2.79 bits per heavy atom. The zero-order chi connectivity index (χ0) is 14.0. The van der Waals surface area contributed by atoms with Gasteiger partial charge in [-0.1, -0.05) is 6.08 Å². The topological polar surface area (TPSA) is 106 Å². The Bertz CT molecular complexity index is 612. The van der Waals surface area contributed by atoms with Crippen LogP contribution in [0.15, 0.2) is 29.6 Å². The Labute approximate surface area is 111 Å². The number of nitrogens with two attached hydrogens (primary N) is 1. The molecule has 0 saturated carbocycles. The second-order valence-electron chi connectivity index (χ2n) is 4.13. The number of nitrogens with zero attached hydrogens (tertiary/aromatic N) is 3. The zero-order valence-corrected chi connectivity index (χ0v) is 11.2. The van der Waals surface area contributed by atoms with E-state index in [4.69, 9.17) is 5.14 Å². The average Bonchev–Trinajstić information content (AvgIpc) is 2.72. The van der Waals surface area contributed by atoms with E-state index in [1.165, 1.54) is 29.6 Å². The van der Waals surface area contributed by atoms with E-state index < -0.39 is 15.9 Å². The first-order valence-electron chi connectivity index (χ1n) is 5.71. The van der Waals surface area contributed by atoms with E-state index in [9.17, 15) is 13.2 Å². The molecular weight excluding hydrogens is 268 g/mol. The van der Waals surface area contributed by atoms with Crippen molar-refractivity contribution in [1.82, 2.24) is 9.97 Å². The van der Waals surface area contributed by atoms with Gasteiger partial charge in [-0.25, -0.2) is 18.5 Å². The number of aromatic nitrogens is 2. The molecule has 1 fully saturated rings. The van der Waals surface area contributed by atoms with Crippen LogP contribution < -0.4 is 10.0 Å². The van der Waals surface area contributed by atoms with Crippen LogP contribution >= 0.6 is 0 Å². The number of carbonyl (C=O) groups is 1. The molecule has 8 heteroatoms. The van der Waals surface area contributed by atoms with Gasteiger partial charge in [-0.15, -0.1) is 0 Å². The molecule has 2 heterocycles. The summed E-state index contributed by atoms with van der Waals surface area (Å²) in [7, 11) is -3.86. The lowest BCUT2D eigenvalue weighted by Crippen LogP contribution is -2.31. The second-order valence-corrected chi connectivity index (χ2v) is 5.69. The summed E-state index contributed by atoms with van der Waals surface area (Å²) in [6.45, 7) is 1.95. The van der Waals surface area contributed by atoms with Crippen LogP contribution in [0.2, 0.25) is 0 Å². The quantitative estimate of drug-likeness (QED) is 0.841. The third-order valence-electron chi connectivity index (χ3n) is 2.99. The Kier molecular flexibility index (Phi) is 3.63. The summed E-state index contributed by atoms with van der Waals surface area (Å²) >= 11 is 0. The smallest absolute Gasteiger partial charge is 0.236 e. The third kappa shape index (κ3) is 2.64. The predicted octanol–water partition coefficient (Wildman–Crippen LogP) is 0.0218. The number of rotatable bonds is 3. The van der Waals surface area contributed by atoms with Crippen LogP contribution in [0, 0.1) is 5.92 Å². The zero-order valence-electron chi connectivity index (χ0n) is 10.4. The number of allylic oxidation sites excluding steroid dienone is 1. The number of carbonyl (C=O) groups excluding carboxylic acids is 1. The minimum Gasteiger partial charge on any atom is -0.295 e. The van der Waals surface area contributed by atoms with Gasteiger partial charge in [0.25, 0.3) is 0 Å². The Hall–Kier alpha value is -1.80. The predicted molar refractivity (Wildman–Crippen MR) is 69.4 cm³/mol. The van der Waals surface area contributed by atoms with Crippen molar-refractivity contribution in [3.8, 4) is 0 Å². The van der Waals surface area contributed by atoms with Gasteiger partial charge in [0.2, 0.25) is 15.9 Å². The molecule has 0 radical (unpaired) electrons. The van der Waals surface area contributed by atoms with Crippen LogP contribution in [0.3, 0.4) is 0 Å². The first-order valence-corrected chi connectivity index (χ1v) is 7.26. The van der Waals surface area contributed by atoms with Gasteiger partial charge in [0, 0.05) is 18.9 Å². The van der Waals surface area contributed by atoms with Crippen LogP contribution in [0.4, 0.5) is 5.82 Å². The van der Waals surface area contributed by atoms with E-state index in [0.717, 1.165) is 0 Å². The number of sulfonamides is 1. The summed E-state index contributed by atoms with van der Waals surface area (Å²) in [5.74, 6) is -0.635. The van der Waals surface area contributed by atoms with Crippen LogP contribution in [0.25, 0.3) is 0 Å². The maximum atomic E-state index is 12.3. The molecule has 7 nitrogen and oxygen atoms in total. The Morgan fingerprint density at radius 1 is 1.53 bits per heavy atom. The molecule has 19 heavy (non-hydrogen) atoms. The van der Waals surface area contributed by atoms with Crippen LogP contribution in [0.5, 0.6) is 0 Å². The van der Waals surface area contributed by atoms with Gasteiger partial charge >= 0.3 is 0 Å². The highest BCUT2D eigenvalue weighted by Crippen LogP contribution is 2.29. The average molecular weight is 282 g/mol. The molecule has 1 aliphatic heterocycles. The van der Waals surface area contributed by atoms with Gasteiger partial charge in [0.1, 0.15) is 0 Å². The first-order chi connectivity index (χ1) is 8.95. The summed E-state index contributed by atoms with van der Waals surface area (Å²) < 4.78 is 22.9. The molecule has 102 valence electrons. The molecule has 0 aromatic carbocycles. The lowest BCUT2D eigenvalue weighted by molar-refractivity contribution is -0.119. The number of primary sulfonamides is 1. The molecule has 1 amide bonds. The van der Waals surface area contributed by atoms with Gasteiger partial charge in [-0.3, -0.25) is 14.7 Å². The molecule has 1 unspecified atom stereocenters. The minimum absolute atomic E-state index is 0.0381. The molecule has 1 saturated heterocycles. The van der Waals surface area contributed by atoms with Crippen LogP contribution in [-0.4, -0.2) is 30.8 Å². The third-order valence-corrected chi connectivity index (χ3v) is 4.17.